The Bertz CT molecular complexity index is 361. The lowest BCUT2D eigenvalue weighted by atomic mass is 10.1. The molecule has 1 aromatic heterocycles. The summed E-state index contributed by atoms with van der Waals surface area (Å²) in [5, 5.41) is 11.6. The van der Waals surface area contributed by atoms with E-state index in [0.717, 1.165) is 43.4 Å². The zero-order valence-electron chi connectivity index (χ0n) is 10.2. The summed E-state index contributed by atoms with van der Waals surface area (Å²) in [4.78, 5) is 6.78. The minimum Gasteiger partial charge on any atom is -0.334 e. The molecule has 2 heterocycles. The summed E-state index contributed by atoms with van der Waals surface area (Å²) in [6.07, 6.45) is 1.10. The molecule has 1 aromatic rings. The van der Waals surface area contributed by atoms with Gasteiger partial charge in [0.05, 0.1) is 17.4 Å². The third-order valence-corrected chi connectivity index (χ3v) is 3.00. The molecule has 5 nitrogen and oxygen atoms in total. The Morgan fingerprint density at radius 2 is 2.00 bits per heavy atom. The van der Waals surface area contributed by atoms with Gasteiger partial charge in [0, 0.05) is 19.6 Å². The molecule has 0 radical (unpaired) electrons. The van der Waals surface area contributed by atoms with Crippen molar-refractivity contribution >= 4 is 5.95 Å². The number of nitrogens with one attached hydrogen (secondary N) is 1. The first-order chi connectivity index (χ1) is 7.72. The maximum Gasteiger partial charge on any atom is 0.245 e. The highest BCUT2D eigenvalue weighted by Gasteiger charge is 2.26. The summed E-state index contributed by atoms with van der Waals surface area (Å²) >= 11 is 0. The van der Waals surface area contributed by atoms with E-state index in [4.69, 9.17) is 0 Å². The molecule has 88 valence electrons. The van der Waals surface area contributed by atoms with Crippen LogP contribution >= 0.6 is 0 Å². The first-order valence-electron chi connectivity index (χ1n) is 5.87. The molecule has 2 rings (SSSR count). The van der Waals surface area contributed by atoms with Crippen molar-refractivity contribution in [3.8, 4) is 0 Å². The maximum atomic E-state index is 4.52. The van der Waals surface area contributed by atoms with Crippen LogP contribution < -0.4 is 10.2 Å². The van der Waals surface area contributed by atoms with E-state index in [1.54, 1.807) is 0 Å². The average Bonchev–Trinajstić information content (AvgIpc) is 2.19. The van der Waals surface area contributed by atoms with Gasteiger partial charge in [0.2, 0.25) is 5.95 Å². The van der Waals surface area contributed by atoms with E-state index in [9.17, 15) is 0 Å². The molecular formula is C11H19N5. The summed E-state index contributed by atoms with van der Waals surface area (Å²) in [6, 6.07) is 0.531. The van der Waals surface area contributed by atoms with Crippen molar-refractivity contribution in [1.82, 2.24) is 20.5 Å². The Morgan fingerprint density at radius 1 is 1.25 bits per heavy atom. The number of anilines is 1. The van der Waals surface area contributed by atoms with Crippen LogP contribution in [0.25, 0.3) is 0 Å². The number of hydrogen-bond donors (Lipinski definition) is 1. The fourth-order valence-electron chi connectivity index (χ4n) is 1.75. The predicted octanol–water partition coefficient (Wildman–Crippen LogP) is 0.677. The van der Waals surface area contributed by atoms with Crippen LogP contribution in [-0.2, 0) is 0 Å². The molecule has 0 spiro atoms. The SMILES string of the molecule is CCCN(c1nnc(C)c(C)n1)C1CNC1. The van der Waals surface area contributed by atoms with Crippen LogP contribution in [0.2, 0.25) is 0 Å². The van der Waals surface area contributed by atoms with Crippen LogP contribution in [-0.4, -0.2) is 40.9 Å². The van der Waals surface area contributed by atoms with Crippen LogP contribution in [0.4, 0.5) is 5.95 Å². The fraction of sp³-hybridized carbons (Fsp3) is 0.727. The molecule has 5 heteroatoms. The normalized spacial score (nSPS) is 15.9. The van der Waals surface area contributed by atoms with Crippen LogP contribution in [0.5, 0.6) is 0 Å². The Labute approximate surface area is 96.3 Å². The van der Waals surface area contributed by atoms with Crippen LogP contribution in [0.1, 0.15) is 24.7 Å². The highest BCUT2D eigenvalue weighted by Crippen LogP contribution is 2.14. The van der Waals surface area contributed by atoms with Gasteiger partial charge in [0.15, 0.2) is 0 Å². The molecule has 0 saturated carbocycles. The topological polar surface area (TPSA) is 53.9 Å². The molecule has 1 aliphatic rings. The standard InChI is InChI=1S/C11H19N5/c1-4-5-16(10-6-12-7-10)11-13-8(2)9(3)14-15-11/h10,12H,4-7H2,1-3H3. The van der Waals surface area contributed by atoms with E-state index in [-0.39, 0.29) is 0 Å². The van der Waals surface area contributed by atoms with Gasteiger partial charge in [0.1, 0.15) is 0 Å². The molecule has 0 atom stereocenters. The summed E-state index contributed by atoms with van der Waals surface area (Å²) < 4.78 is 0. The number of rotatable bonds is 4. The molecular weight excluding hydrogens is 202 g/mol. The van der Waals surface area contributed by atoms with E-state index in [2.05, 4.69) is 32.3 Å². The van der Waals surface area contributed by atoms with Gasteiger partial charge in [-0.25, -0.2) is 4.98 Å². The summed E-state index contributed by atoms with van der Waals surface area (Å²) in [7, 11) is 0. The Morgan fingerprint density at radius 3 is 2.50 bits per heavy atom. The minimum absolute atomic E-state index is 0.531. The van der Waals surface area contributed by atoms with Gasteiger partial charge in [-0.15, -0.1) is 5.10 Å². The van der Waals surface area contributed by atoms with E-state index in [1.807, 2.05) is 13.8 Å². The summed E-state index contributed by atoms with van der Waals surface area (Å²) in [5.74, 6) is 0.774. The second-order valence-corrected chi connectivity index (χ2v) is 4.29. The number of aryl methyl sites for hydroxylation is 2. The quantitative estimate of drug-likeness (QED) is 0.810. The molecule has 0 bridgehead atoms. The van der Waals surface area contributed by atoms with Crippen molar-refractivity contribution in [2.24, 2.45) is 0 Å². The molecule has 1 N–H and O–H groups in total. The highest BCUT2D eigenvalue weighted by molar-refractivity contribution is 5.33. The third kappa shape index (κ3) is 2.14. The third-order valence-electron chi connectivity index (χ3n) is 3.00. The molecule has 0 aromatic carbocycles. The highest BCUT2D eigenvalue weighted by atomic mass is 15.4. The van der Waals surface area contributed by atoms with Crippen molar-refractivity contribution in [3.05, 3.63) is 11.4 Å². The molecule has 1 saturated heterocycles. The predicted molar refractivity (Wildman–Crippen MR) is 63.6 cm³/mol. The van der Waals surface area contributed by atoms with E-state index in [0.29, 0.717) is 6.04 Å². The zero-order valence-corrected chi connectivity index (χ0v) is 10.2. The second-order valence-electron chi connectivity index (χ2n) is 4.29. The van der Waals surface area contributed by atoms with Crippen molar-refractivity contribution in [3.63, 3.8) is 0 Å². The van der Waals surface area contributed by atoms with Crippen molar-refractivity contribution in [2.45, 2.75) is 33.2 Å². The fourth-order valence-corrected chi connectivity index (χ4v) is 1.75. The first-order valence-corrected chi connectivity index (χ1v) is 5.87. The zero-order chi connectivity index (χ0) is 11.5. The van der Waals surface area contributed by atoms with Gasteiger partial charge in [-0.2, -0.15) is 5.10 Å². The van der Waals surface area contributed by atoms with E-state index < -0.39 is 0 Å². The minimum atomic E-state index is 0.531. The summed E-state index contributed by atoms with van der Waals surface area (Å²) in [5.41, 5.74) is 1.88. The Balaban J connectivity index is 2.20. The van der Waals surface area contributed by atoms with Crippen LogP contribution in [0, 0.1) is 13.8 Å². The molecule has 0 amide bonds. The monoisotopic (exact) mass is 221 g/mol. The lowest BCUT2D eigenvalue weighted by molar-refractivity contribution is 0.406. The van der Waals surface area contributed by atoms with Crippen molar-refractivity contribution in [2.75, 3.05) is 24.5 Å². The van der Waals surface area contributed by atoms with Gasteiger partial charge in [-0.3, -0.25) is 0 Å². The molecule has 0 aliphatic carbocycles. The van der Waals surface area contributed by atoms with Gasteiger partial charge < -0.3 is 10.2 Å². The lowest BCUT2D eigenvalue weighted by Crippen LogP contribution is -2.58. The van der Waals surface area contributed by atoms with Crippen LogP contribution in [0.15, 0.2) is 0 Å². The van der Waals surface area contributed by atoms with Gasteiger partial charge in [-0.1, -0.05) is 6.92 Å². The molecule has 0 unspecified atom stereocenters. The maximum absolute atomic E-state index is 4.52. The largest absolute Gasteiger partial charge is 0.334 e. The second kappa shape index (κ2) is 4.74. The number of nitrogens with zero attached hydrogens (tertiary/aromatic N) is 4. The van der Waals surface area contributed by atoms with Crippen molar-refractivity contribution in [1.29, 1.82) is 0 Å². The van der Waals surface area contributed by atoms with E-state index in [1.165, 1.54) is 0 Å². The summed E-state index contributed by atoms with van der Waals surface area (Å²) in [6.45, 7) is 9.14. The Hall–Kier alpha value is -1.23. The molecule has 16 heavy (non-hydrogen) atoms. The van der Waals surface area contributed by atoms with Gasteiger partial charge in [0.25, 0.3) is 0 Å². The number of aromatic nitrogens is 3. The molecule has 1 fully saturated rings. The molecule has 1 aliphatic heterocycles. The van der Waals surface area contributed by atoms with E-state index >= 15 is 0 Å². The number of hydrogen-bond acceptors (Lipinski definition) is 5. The van der Waals surface area contributed by atoms with Gasteiger partial charge in [-0.05, 0) is 20.3 Å². The first kappa shape index (κ1) is 11.3. The lowest BCUT2D eigenvalue weighted by Gasteiger charge is -2.38. The van der Waals surface area contributed by atoms with Crippen molar-refractivity contribution < 1.29 is 0 Å². The van der Waals surface area contributed by atoms with Gasteiger partial charge >= 0.3 is 0 Å². The smallest absolute Gasteiger partial charge is 0.245 e. The average molecular weight is 221 g/mol. The van der Waals surface area contributed by atoms with Crippen LogP contribution in [0.3, 0.4) is 0 Å². The Kier molecular flexibility index (Phi) is 3.33.